The van der Waals surface area contributed by atoms with Crippen LogP contribution in [-0.4, -0.2) is 82.5 Å². The maximum atomic E-state index is 5.65. The van der Waals surface area contributed by atoms with Crippen molar-refractivity contribution in [3.63, 3.8) is 0 Å². The number of methoxy groups -OCH3 is 1. The first-order chi connectivity index (χ1) is 10.4. The van der Waals surface area contributed by atoms with E-state index < -0.39 is 0 Å². The van der Waals surface area contributed by atoms with Gasteiger partial charge in [-0.25, -0.2) is 0 Å². The minimum Gasteiger partial charge on any atom is -0.385 e. The Morgan fingerprint density at radius 2 is 1.57 bits per heavy atom. The molecule has 0 saturated carbocycles. The molecule has 0 aliphatic carbocycles. The molecule has 5 nitrogen and oxygen atoms in total. The maximum Gasteiger partial charge on any atom is 0.0593 e. The summed E-state index contributed by atoms with van der Waals surface area (Å²) in [6, 6.07) is 0. The van der Waals surface area contributed by atoms with Gasteiger partial charge in [-0.3, -0.25) is 4.90 Å². The first kappa shape index (κ1) is 18.8. The fourth-order valence-electron chi connectivity index (χ4n) is 2.73. The Balaban J connectivity index is 2.01. The van der Waals surface area contributed by atoms with Gasteiger partial charge in [0.1, 0.15) is 0 Å². The van der Waals surface area contributed by atoms with E-state index in [1.54, 1.807) is 7.11 Å². The third kappa shape index (κ3) is 10.2. The number of ether oxygens (including phenoxy) is 2. The first-order valence-electron chi connectivity index (χ1n) is 8.58. The van der Waals surface area contributed by atoms with E-state index in [0.29, 0.717) is 0 Å². The average Bonchev–Trinajstić information content (AvgIpc) is 2.73. The second-order valence-corrected chi connectivity index (χ2v) is 5.84. The molecule has 1 saturated heterocycles. The molecule has 1 fully saturated rings. The van der Waals surface area contributed by atoms with Gasteiger partial charge in [-0.15, -0.1) is 0 Å². The van der Waals surface area contributed by atoms with Crippen LogP contribution in [0, 0.1) is 0 Å². The SMILES string of the molecule is COCCCOCCN1CCCN(CCCCCN)CC1. The quantitative estimate of drug-likeness (QED) is 0.549. The van der Waals surface area contributed by atoms with E-state index in [1.807, 2.05) is 0 Å². The fraction of sp³-hybridized carbons (Fsp3) is 1.00. The van der Waals surface area contributed by atoms with Gasteiger partial charge in [-0.05, 0) is 51.9 Å². The molecule has 5 heteroatoms. The summed E-state index contributed by atoms with van der Waals surface area (Å²) in [7, 11) is 1.74. The van der Waals surface area contributed by atoms with E-state index in [4.69, 9.17) is 15.2 Å². The average molecular weight is 301 g/mol. The van der Waals surface area contributed by atoms with Crippen LogP contribution in [-0.2, 0) is 9.47 Å². The highest BCUT2D eigenvalue weighted by molar-refractivity contribution is 4.69. The molecular weight excluding hydrogens is 266 g/mol. The van der Waals surface area contributed by atoms with Crippen LogP contribution in [0.3, 0.4) is 0 Å². The van der Waals surface area contributed by atoms with Crippen LogP contribution in [0.2, 0.25) is 0 Å². The lowest BCUT2D eigenvalue weighted by Crippen LogP contribution is -2.33. The zero-order chi connectivity index (χ0) is 15.2. The number of unbranched alkanes of at least 4 members (excludes halogenated alkanes) is 2. The molecule has 1 aliphatic heterocycles. The third-order valence-corrected chi connectivity index (χ3v) is 4.05. The lowest BCUT2D eigenvalue weighted by molar-refractivity contribution is 0.0844. The van der Waals surface area contributed by atoms with Gasteiger partial charge in [0.2, 0.25) is 0 Å². The van der Waals surface area contributed by atoms with Crippen LogP contribution < -0.4 is 5.73 Å². The molecule has 21 heavy (non-hydrogen) atoms. The van der Waals surface area contributed by atoms with Gasteiger partial charge in [0.15, 0.2) is 0 Å². The molecule has 1 heterocycles. The molecule has 0 atom stereocenters. The van der Waals surface area contributed by atoms with Crippen molar-refractivity contribution >= 4 is 0 Å². The Bertz CT molecular complexity index is 230. The Hall–Kier alpha value is -0.200. The van der Waals surface area contributed by atoms with Gasteiger partial charge in [0, 0.05) is 40.0 Å². The Kier molecular flexibility index (Phi) is 12.1. The standard InChI is InChI=1S/C16H35N3O2/c1-20-14-6-15-21-16-13-19-10-5-9-18(11-12-19)8-4-2-3-7-17/h2-17H2,1H3. The number of nitrogens with zero attached hydrogens (tertiary/aromatic N) is 2. The molecule has 1 aliphatic rings. The van der Waals surface area contributed by atoms with E-state index in [9.17, 15) is 0 Å². The zero-order valence-electron chi connectivity index (χ0n) is 13.9. The second kappa shape index (κ2) is 13.5. The van der Waals surface area contributed by atoms with Crippen LogP contribution in [0.4, 0.5) is 0 Å². The van der Waals surface area contributed by atoms with Crippen LogP contribution in [0.25, 0.3) is 0 Å². The summed E-state index contributed by atoms with van der Waals surface area (Å²) in [6.45, 7) is 10.4. The lowest BCUT2D eigenvalue weighted by atomic mass is 10.2. The van der Waals surface area contributed by atoms with Crippen molar-refractivity contribution in [2.24, 2.45) is 5.73 Å². The number of nitrogens with two attached hydrogens (primary N) is 1. The molecule has 126 valence electrons. The van der Waals surface area contributed by atoms with Gasteiger partial charge < -0.3 is 20.1 Å². The number of rotatable bonds is 12. The van der Waals surface area contributed by atoms with Crippen LogP contribution in [0.15, 0.2) is 0 Å². The largest absolute Gasteiger partial charge is 0.385 e. The van der Waals surface area contributed by atoms with Crippen molar-refractivity contribution in [3.8, 4) is 0 Å². The minimum atomic E-state index is 0.794. The first-order valence-corrected chi connectivity index (χ1v) is 8.58. The number of hydrogen-bond donors (Lipinski definition) is 1. The van der Waals surface area contributed by atoms with Crippen molar-refractivity contribution in [1.29, 1.82) is 0 Å². The predicted octanol–water partition coefficient (Wildman–Crippen LogP) is 1.18. The predicted molar refractivity (Wildman–Crippen MR) is 87.7 cm³/mol. The molecule has 0 aromatic heterocycles. The van der Waals surface area contributed by atoms with E-state index in [1.165, 1.54) is 58.4 Å². The zero-order valence-corrected chi connectivity index (χ0v) is 13.9. The van der Waals surface area contributed by atoms with Crippen molar-refractivity contribution in [1.82, 2.24) is 9.80 Å². The van der Waals surface area contributed by atoms with Crippen molar-refractivity contribution in [2.75, 3.05) is 72.7 Å². The van der Waals surface area contributed by atoms with E-state index in [0.717, 1.165) is 39.3 Å². The monoisotopic (exact) mass is 301 g/mol. The Morgan fingerprint density at radius 1 is 0.810 bits per heavy atom. The van der Waals surface area contributed by atoms with Gasteiger partial charge in [0.25, 0.3) is 0 Å². The molecule has 0 aromatic carbocycles. The smallest absolute Gasteiger partial charge is 0.0593 e. The molecule has 0 radical (unpaired) electrons. The lowest BCUT2D eigenvalue weighted by Gasteiger charge is -2.21. The molecule has 0 amide bonds. The summed E-state index contributed by atoms with van der Waals surface area (Å²) in [6.07, 6.45) is 6.00. The molecular formula is C16H35N3O2. The minimum absolute atomic E-state index is 0.794. The number of hydrogen-bond acceptors (Lipinski definition) is 5. The van der Waals surface area contributed by atoms with Crippen LogP contribution >= 0.6 is 0 Å². The van der Waals surface area contributed by atoms with Crippen molar-refractivity contribution in [3.05, 3.63) is 0 Å². The highest BCUT2D eigenvalue weighted by Gasteiger charge is 2.13. The topological polar surface area (TPSA) is 51.0 Å². The van der Waals surface area contributed by atoms with Gasteiger partial charge in [0.05, 0.1) is 6.61 Å². The molecule has 0 unspecified atom stereocenters. The summed E-state index contributed by atoms with van der Waals surface area (Å²) in [4.78, 5) is 5.15. The van der Waals surface area contributed by atoms with Crippen molar-refractivity contribution < 1.29 is 9.47 Å². The summed E-state index contributed by atoms with van der Waals surface area (Å²) < 4.78 is 10.7. The second-order valence-electron chi connectivity index (χ2n) is 5.84. The van der Waals surface area contributed by atoms with Crippen molar-refractivity contribution in [2.45, 2.75) is 32.1 Å². The van der Waals surface area contributed by atoms with Gasteiger partial charge in [-0.2, -0.15) is 0 Å². The molecule has 0 bridgehead atoms. The molecule has 0 spiro atoms. The molecule has 0 aromatic rings. The summed E-state index contributed by atoms with van der Waals surface area (Å²) in [5, 5.41) is 0. The van der Waals surface area contributed by atoms with Crippen LogP contribution in [0.5, 0.6) is 0 Å². The highest BCUT2D eigenvalue weighted by Crippen LogP contribution is 2.05. The molecule has 2 N–H and O–H groups in total. The van der Waals surface area contributed by atoms with Gasteiger partial charge in [-0.1, -0.05) is 6.42 Å². The summed E-state index contributed by atoms with van der Waals surface area (Å²) in [5.41, 5.74) is 5.54. The molecule has 1 rings (SSSR count). The van der Waals surface area contributed by atoms with Crippen LogP contribution in [0.1, 0.15) is 32.1 Å². The third-order valence-electron chi connectivity index (χ3n) is 4.05. The Labute approximate surface area is 130 Å². The summed E-state index contributed by atoms with van der Waals surface area (Å²) in [5.74, 6) is 0. The summed E-state index contributed by atoms with van der Waals surface area (Å²) >= 11 is 0. The van der Waals surface area contributed by atoms with E-state index >= 15 is 0 Å². The van der Waals surface area contributed by atoms with E-state index in [-0.39, 0.29) is 0 Å². The normalized spacial score (nSPS) is 18.0. The van der Waals surface area contributed by atoms with Gasteiger partial charge >= 0.3 is 0 Å². The highest BCUT2D eigenvalue weighted by atomic mass is 16.5. The Morgan fingerprint density at radius 3 is 2.29 bits per heavy atom. The van der Waals surface area contributed by atoms with E-state index in [2.05, 4.69) is 9.80 Å². The maximum absolute atomic E-state index is 5.65. The fourth-order valence-corrected chi connectivity index (χ4v) is 2.73.